The van der Waals surface area contributed by atoms with Gasteiger partial charge in [0.25, 0.3) is 0 Å². The van der Waals surface area contributed by atoms with Gasteiger partial charge in [-0.25, -0.2) is 0 Å². The molecule has 1 aliphatic heterocycles. The minimum absolute atomic E-state index is 0.316. The third kappa shape index (κ3) is 1.76. The smallest absolute Gasteiger partial charge is 0.0990 e. The molecule has 1 aromatic rings. The van der Waals surface area contributed by atoms with Gasteiger partial charge < -0.3 is 15.6 Å². The zero-order valence-electron chi connectivity index (χ0n) is 11.6. The maximum absolute atomic E-state index is 11.4. The Morgan fingerprint density at radius 3 is 2.84 bits per heavy atom. The number of nitrogens with two attached hydrogens (primary N) is 1. The topological polar surface area (TPSA) is 55.5 Å². The Hall–Kier alpha value is -0.900. The number of rotatable bonds is 2. The molecule has 3 N–H and O–H groups in total. The van der Waals surface area contributed by atoms with Crippen LogP contribution in [-0.2, 0) is 10.3 Å². The summed E-state index contributed by atoms with van der Waals surface area (Å²) in [6.07, 6.45) is 2.64. The summed E-state index contributed by atoms with van der Waals surface area (Å²) in [6.45, 7) is 3.99. The van der Waals surface area contributed by atoms with Crippen molar-refractivity contribution in [3.8, 4) is 0 Å². The first-order valence-corrected chi connectivity index (χ1v) is 7.23. The minimum atomic E-state index is -0.832. The Morgan fingerprint density at radius 2 is 2.16 bits per heavy atom. The van der Waals surface area contributed by atoms with E-state index in [0.29, 0.717) is 25.7 Å². The maximum atomic E-state index is 11.4. The first-order valence-electron chi connectivity index (χ1n) is 7.23. The van der Waals surface area contributed by atoms with Gasteiger partial charge >= 0.3 is 0 Å². The second kappa shape index (κ2) is 4.58. The van der Waals surface area contributed by atoms with E-state index in [4.69, 9.17) is 10.5 Å². The molecule has 3 heteroatoms. The van der Waals surface area contributed by atoms with E-state index >= 15 is 0 Å². The zero-order chi connectivity index (χ0) is 13.5. The molecule has 3 atom stereocenters. The molecular formula is C16H23NO2. The lowest BCUT2D eigenvalue weighted by atomic mass is 9.60. The van der Waals surface area contributed by atoms with E-state index in [2.05, 4.69) is 25.1 Å². The first-order chi connectivity index (χ1) is 9.13. The molecule has 1 saturated heterocycles. The van der Waals surface area contributed by atoms with Gasteiger partial charge in [-0.1, -0.05) is 31.2 Å². The van der Waals surface area contributed by atoms with Crippen molar-refractivity contribution >= 4 is 0 Å². The molecule has 0 spiro atoms. The second-order valence-corrected chi connectivity index (χ2v) is 6.17. The lowest BCUT2D eigenvalue weighted by Crippen LogP contribution is -2.52. The number of fused-ring (bicyclic) bond motifs is 1. The van der Waals surface area contributed by atoms with E-state index in [0.717, 1.165) is 24.8 Å². The van der Waals surface area contributed by atoms with Crippen LogP contribution < -0.4 is 5.73 Å². The van der Waals surface area contributed by atoms with Crippen LogP contribution in [0.25, 0.3) is 0 Å². The summed E-state index contributed by atoms with van der Waals surface area (Å²) >= 11 is 0. The summed E-state index contributed by atoms with van der Waals surface area (Å²) in [6, 6.07) is 8.29. The number of aliphatic hydroxyl groups is 1. The molecule has 104 valence electrons. The quantitative estimate of drug-likeness (QED) is 0.857. The second-order valence-electron chi connectivity index (χ2n) is 6.17. The normalized spacial score (nSPS) is 38.2. The molecular weight excluding hydrogens is 238 g/mol. The number of hydrogen-bond donors (Lipinski definition) is 2. The maximum Gasteiger partial charge on any atom is 0.0990 e. The summed E-state index contributed by atoms with van der Waals surface area (Å²) in [4.78, 5) is 0. The van der Waals surface area contributed by atoms with Crippen molar-refractivity contribution in [1.29, 1.82) is 0 Å². The monoisotopic (exact) mass is 261 g/mol. The molecule has 0 saturated carbocycles. The standard InChI is InChI=1S/C16H23NO2/c1-12-6-7-16(18,14-5-3-2-4-13(12)14)15(10-17)8-9-19-11-15/h2-5,12,18H,6-11,17H2,1H3. The van der Waals surface area contributed by atoms with Crippen LogP contribution in [0, 0.1) is 5.41 Å². The fourth-order valence-corrected chi connectivity index (χ4v) is 3.83. The Morgan fingerprint density at radius 1 is 1.37 bits per heavy atom. The number of benzene rings is 1. The van der Waals surface area contributed by atoms with E-state index < -0.39 is 5.60 Å². The minimum Gasteiger partial charge on any atom is -0.384 e. The molecule has 1 fully saturated rings. The van der Waals surface area contributed by atoms with Crippen molar-refractivity contribution < 1.29 is 9.84 Å². The Labute approximate surface area is 114 Å². The van der Waals surface area contributed by atoms with Crippen molar-refractivity contribution in [2.24, 2.45) is 11.1 Å². The van der Waals surface area contributed by atoms with Crippen molar-refractivity contribution in [3.05, 3.63) is 35.4 Å². The van der Waals surface area contributed by atoms with Gasteiger partial charge in [-0.15, -0.1) is 0 Å². The number of ether oxygens (including phenoxy) is 1. The van der Waals surface area contributed by atoms with Crippen LogP contribution in [0.2, 0.25) is 0 Å². The molecule has 1 aromatic carbocycles. The predicted molar refractivity (Wildman–Crippen MR) is 74.9 cm³/mol. The summed E-state index contributed by atoms with van der Waals surface area (Å²) in [5.74, 6) is 0.508. The Balaban J connectivity index is 2.12. The third-order valence-corrected chi connectivity index (χ3v) is 5.25. The molecule has 0 bridgehead atoms. The van der Waals surface area contributed by atoms with Gasteiger partial charge in [-0.05, 0) is 36.3 Å². The molecule has 0 aromatic heterocycles. The molecule has 3 rings (SSSR count). The van der Waals surface area contributed by atoms with Crippen molar-refractivity contribution in [1.82, 2.24) is 0 Å². The van der Waals surface area contributed by atoms with Crippen LogP contribution in [0.15, 0.2) is 24.3 Å². The van der Waals surface area contributed by atoms with E-state index in [1.165, 1.54) is 5.56 Å². The van der Waals surface area contributed by atoms with Crippen molar-refractivity contribution in [2.75, 3.05) is 19.8 Å². The van der Waals surface area contributed by atoms with Gasteiger partial charge in [0.1, 0.15) is 0 Å². The average molecular weight is 261 g/mol. The molecule has 3 unspecified atom stereocenters. The SMILES string of the molecule is CC1CCC(O)(C2(CN)CCOC2)c2ccccc21. The molecule has 19 heavy (non-hydrogen) atoms. The van der Waals surface area contributed by atoms with E-state index in [1.807, 2.05) is 6.07 Å². The Kier molecular flexibility index (Phi) is 3.16. The number of hydrogen-bond acceptors (Lipinski definition) is 3. The van der Waals surface area contributed by atoms with Crippen molar-refractivity contribution in [3.63, 3.8) is 0 Å². The largest absolute Gasteiger partial charge is 0.384 e. The van der Waals surface area contributed by atoms with Crippen LogP contribution in [0.1, 0.15) is 43.2 Å². The summed E-state index contributed by atoms with van der Waals surface area (Å²) in [5, 5.41) is 11.4. The Bertz CT molecular complexity index is 468. The summed E-state index contributed by atoms with van der Waals surface area (Å²) in [7, 11) is 0. The van der Waals surface area contributed by atoms with Crippen LogP contribution in [0.5, 0.6) is 0 Å². The van der Waals surface area contributed by atoms with Gasteiger partial charge in [-0.2, -0.15) is 0 Å². The van der Waals surface area contributed by atoms with Crippen LogP contribution in [-0.4, -0.2) is 24.9 Å². The highest BCUT2D eigenvalue weighted by Gasteiger charge is 2.54. The van der Waals surface area contributed by atoms with E-state index in [-0.39, 0.29) is 5.41 Å². The van der Waals surface area contributed by atoms with Crippen LogP contribution in [0.3, 0.4) is 0 Å². The molecule has 3 nitrogen and oxygen atoms in total. The van der Waals surface area contributed by atoms with Gasteiger partial charge in [0, 0.05) is 18.6 Å². The molecule has 0 amide bonds. The van der Waals surface area contributed by atoms with E-state index in [1.54, 1.807) is 0 Å². The summed E-state index contributed by atoms with van der Waals surface area (Å²) < 4.78 is 5.57. The van der Waals surface area contributed by atoms with Gasteiger partial charge in [0.05, 0.1) is 12.2 Å². The third-order valence-electron chi connectivity index (χ3n) is 5.25. The highest BCUT2D eigenvalue weighted by atomic mass is 16.5. The fourth-order valence-electron chi connectivity index (χ4n) is 3.83. The van der Waals surface area contributed by atoms with Crippen LogP contribution >= 0.6 is 0 Å². The highest BCUT2D eigenvalue weighted by Crippen LogP contribution is 2.53. The molecule has 1 heterocycles. The average Bonchev–Trinajstić information content (AvgIpc) is 2.94. The lowest BCUT2D eigenvalue weighted by Gasteiger charge is -2.48. The van der Waals surface area contributed by atoms with Gasteiger partial charge in [-0.3, -0.25) is 0 Å². The van der Waals surface area contributed by atoms with Gasteiger partial charge in [0.15, 0.2) is 0 Å². The fraction of sp³-hybridized carbons (Fsp3) is 0.625. The first kappa shape index (κ1) is 13.1. The van der Waals surface area contributed by atoms with Gasteiger partial charge in [0.2, 0.25) is 0 Å². The van der Waals surface area contributed by atoms with Crippen molar-refractivity contribution in [2.45, 2.75) is 37.7 Å². The predicted octanol–water partition coefficient (Wildman–Crippen LogP) is 2.14. The van der Waals surface area contributed by atoms with E-state index in [9.17, 15) is 5.11 Å². The molecule has 1 aliphatic carbocycles. The summed E-state index contributed by atoms with van der Waals surface area (Å²) in [5.41, 5.74) is 7.24. The zero-order valence-corrected chi connectivity index (χ0v) is 11.6. The van der Waals surface area contributed by atoms with Crippen LogP contribution in [0.4, 0.5) is 0 Å². The molecule has 2 aliphatic rings. The molecule has 0 radical (unpaired) electrons. The highest BCUT2D eigenvalue weighted by molar-refractivity contribution is 5.39. The lowest BCUT2D eigenvalue weighted by molar-refractivity contribution is -0.103.